The molecule has 0 saturated carbocycles. The summed E-state index contributed by atoms with van der Waals surface area (Å²) >= 11 is 0. The molecule has 1 aromatic carbocycles. The van der Waals surface area contributed by atoms with Gasteiger partial charge in [-0.25, -0.2) is 0 Å². The highest BCUT2D eigenvalue weighted by Gasteiger charge is 2.10. The number of carbonyl (C=O) groups is 1. The maximum absolute atomic E-state index is 11.9. The number of nitrogens with one attached hydrogen (secondary N) is 1. The molecule has 98 valence electrons. The van der Waals surface area contributed by atoms with Crippen molar-refractivity contribution in [1.82, 2.24) is 9.97 Å². The Balaban J connectivity index is 2.31. The Morgan fingerprint density at radius 2 is 2.00 bits per heavy atom. The van der Waals surface area contributed by atoms with E-state index in [1.165, 1.54) is 0 Å². The molecule has 0 unspecified atom stereocenters. The summed E-state index contributed by atoms with van der Waals surface area (Å²) < 4.78 is 0. The molecule has 0 aliphatic carbocycles. The van der Waals surface area contributed by atoms with E-state index >= 15 is 0 Å². The van der Waals surface area contributed by atoms with Crippen LogP contribution >= 0.6 is 0 Å². The molecule has 0 aliphatic heterocycles. The first kappa shape index (κ1) is 13.0. The van der Waals surface area contributed by atoms with Crippen molar-refractivity contribution in [2.75, 3.05) is 0 Å². The Morgan fingerprint density at radius 1 is 1.32 bits per heavy atom. The minimum atomic E-state index is -0.989. The molecule has 0 bridgehead atoms. The van der Waals surface area contributed by atoms with Crippen LogP contribution in [-0.2, 0) is 17.6 Å². The molecule has 0 radical (unpaired) electrons. The maximum atomic E-state index is 11.9. The molecule has 5 nitrogen and oxygen atoms in total. The highest BCUT2D eigenvalue weighted by atomic mass is 16.4. The van der Waals surface area contributed by atoms with Gasteiger partial charge >= 0.3 is 5.97 Å². The summed E-state index contributed by atoms with van der Waals surface area (Å²) in [6, 6.07) is 9.54. The summed E-state index contributed by atoms with van der Waals surface area (Å²) in [6.07, 6.45) is 0.212. The van der Waals surface area contributed by atoms with Crippen LogP contribution in [0, 0.1) is 6.92 Å². The zero-order valence-corrected chi connectivity index (χ0v) is 10.5. The first-order chi connectivity index (χ1) is 9.06. The third-order valence-corrected chi connectivity index (χ3v) is 2.81. The molecule has 2 aromatic rings. The van der Waals surface area contributed by atoms with Gasteiger partial charge in [0.2, 0.25) is 0 Å². The predicted molar refractivity (Wildman–Crippen MR) is 70.2 cm³/mol. The predicted octanol–water partition coefficient (Wildman–Crippen LogP) is 1.30. The topological polar surface area (TPSA) is 83.0 Å². The summed E-state index contributed by atoms with van der Waals surface area (Å²) in [5.41, 5.74) is 1.97. The van der Waals surface area contributed by atoms with Crippen LogP contribution in [0.5, 0.6) is 0 Å². The number of hydrogen-bond donors (Lipinski definition) is 2. The number of aliphatic carboxylic acids is 1. The third kappa shape index (κ3) is 3.28. The minimum Gasteiger partial charge on any atom is -0.481 e. The van der Waals surface area contributed by atoms with E-state index in [0.717, 1.165) is 5.56 Å². The SMILES string of the molecule is Cc1nc(Cc2ccccc2)c(=O)[nH]c1CC(=O)O. The van der Waals surface area contributed by atoms with E-state index in [9.17, 15) is 9.59 Å². The molecule has 0 aliphatic rings. The number of carboxylic acid groups (broad SMARTS) is 1. The van der Waals surface area contributed by atoms with Crippen molar-refractivity contribution >= 4 is 5.97 Å². The van der Waals surface area contributed by atoms with Gasteiger partial charge in [-0.15, -0.1) is 0 Å². The zero-order valence-electron chi connectivity index (χ0n) is 10.5. The van der Waals surface area contributed by atoms with Gasteiger partial charge in [-0.3, -0.25) is 14.6 Å². The highest BCUT2D eigenvalue weighted by molar-refractivity contribution is 5.69. The molecule has 0 fully saturated rings. The Morgan fingerprint density at radius 3 is 2.63 bits per heavy atom. The van der Waals surface area contributed by atoms with Crippen LogP contribution in [0.15, 0.2) is 35.1 Å². The zero-order chi connectivity index (χ0) is 13.8. The van der Waals surface area contributed by atoms with Gasteiger partial charge < -0.3 is 10.1 Å². The number of hydrogen-bond acceptors (Lipinski definition) is 3. The highest BCUT2D eigenvalue weighted by Crippen LogP contribution is 2.06. The van der Waals surface area contributed by atoms with Crippen LogP contribution in [0.25, 0.3) is 0 Å². The van der Waals surface area contributed by atoms with Crippen LogP contribution in [0.1, 0.15) is 22.6 Å². The number of rotatable bonds is 4. The number of carboxylic acids is 1. The van der Waals surface area contributed by atoms with Crippen LogP contribution in [0.3, 0.4) is 0 Å². The van der Waals surface area contributed by atoms with Gasteiger partial charge in [-0.1, -0.05) is 30.3 Å². The fourth-order valence-corrected chi connectivity index (χ4v) is 1.85. The van der Waals surface area contributed by atoms with Crippen LogP contribution in [-0.4, -0.2) is 21.0 Å². The first-order valence-electron chi connectivity index (χ1n) is 5.90. The van der Waals surface area contributed by atoms with Crippen LogP contribution in [0.2, 0.25) is 0 Å². The lowest BCUT2D eigenvalue weighted by molar-refractivity contribution is -0.136. The fraction of sp³-hybridized carbons (Fsp3) is 0.214. The second-order valence-corrected chi connectivity index (χ2v) is 4.31. The van der Waals surface area contributed by atoms with Gasteiger partial charge in [0, 0.05) is 6.42 Å². The van der Waals surface area contributed by atoms with E-state index in [0.29, 0.717) is 23.5 Å². The van der Waals surface area contributed by atoms with E-state index in [2.05, 4.69) is 9.97 Å². The molecule has 1 heterocycles. The van der Waals surface area contributed by atoms with Crippen molar-refractivity contribution in [1.29, 1.82) is 0 Å². The van der Waals surface area contributed by atoms with Gasteiger partial charge in [0.25, 0.3) is 5.56 Å². The lowest BCUT2D eigenvalue weighted by atomic mass is 10.1. The molecule has 0 saturated heterocycles. The average molecular weight is 258 g/mol. The standard InChI is InChI=1S/C14H14N2O3/c1-9-11(8-13(17)18)16-14(19)12(15-9)7-10-5-3-2-4-6-10/h2-6H,7-8H2,1H3,(H,16,19)(H,17,18). The molecule has 2 rings (SSSR count). The van der Waals surface area contributed by atoms with Crippen molar-refractivity contribution in [3.63, 3.8) is 0 Å². The molecule has 2 N–H and O–H groups in total. The number of aryl methyl sites for hydroxylation is 1. The van der Waals surface area contributed by atoms with Crippen molar-refractivity contribution in [2.45, 2.75) is 19.8 Å². The average Bonchev–Trinajstić information content (AvgIpc) is 2.36. The summed E-state index contributed by atoms with van der Waals surface area (Å²) in [4.78, 5) is 29.3. The second kappa shape index (κ2) is 5.48. The molecular weight excluding hydrogens is 244 g/mol. The minimum absolute atomic E-state index is 0.223. The Hall–Kier alpha value is -2.43. The lowest BCUT2D eigenvalue weighted by Crippen LogP contribution is -2.20. The Bertz CT molecular complexity index is 647. The summed E-state index contributed by atoms with van der Waals surface area (Å²) in [5, 5.41) is 8.74. The second-order valence-electron chi connectivity index (χ2n) is 4.31. The molecule has 0 spiro atoms. The normalized spacial score (nSPS) is 10.4. The largest absolute Gasteiger partial charge is 0.481 e. The maximum Gasteiger partial charge on any atom is 0.309 e. The van der Waals surface area contributed by atoms with Gasteiger partial charge in [0.15, 0.2) is 0 Å². The number of aromatic amines is 1. The Kier molecular flexibility index (Phi) is 3.75. The van der Waals surface area contributed by atoms with Crippen LogP contribution < -0.4 is 5.56 Å². The monoisotopic (exact) mass is 258 g/mol. The van der Waals surface area contributed by atoms with Crippen molar-refractivity contribution in [3.05, 3.63) is 63.3 Å². The lowest BCUT2D eigenvalue weighted by Gasteiger charge is -2.05. The fourth-order valence-electron chi connectivity index (χ4n) is 1.85. The smallest absolute Gasteiger partial charge is 0.309 e. The molecule has 5 heteroatoms. The van der Waals surface area contributed by atoms with E-state index in [4.69, 9.17) is 5.11 Å². The van der Waals surface area contributed by atoms with Crippen molar-refractivity contribution in [3.8, 4) is 0 Å². The summed E-state index contributed by atoms with van der Waals surface area (Å²) in [5.74, 6) is -0.989. The Labute approximate surface area is 110 Å². The van der Waals surface area contributed by atoms with E-state index in [1.807, 2.05) is 30.3 Å². The number of H-pyrrole nitrogens is 1. The van der Waals surface area contributed by atoms with Crippen LogP contribution in [0.4, 0.5) is 0 Å². The number of aromatic nitrogens is 2. The van der Waals surface area contributed by atoms with Gasteiger partial charge in [0.05, 0.1) is 17.8 Å². The summed E-state index contributed by atoms with van der Waals surface area (Å²) in [6.45, 7) is 1.70. The summed E-state index contributed by atoms with van der Waals surface area (Å²) in [7, 11) is 0. The molecule has 0 amide bonds. The van der Waals surface area contributed by atoms with E-state index < -0.39 is 5.97 Å². The number of nitrogens with zero attached hydrogens (tertiary/aromatic N) is 1. The molecule has 1 aromatic heterocycles. The molecule has 19 heavy (non-hydrogen) atoms. The van der Waals surface area contributed by atoms with Crippen molar-refractivity contribution in [2.24, 2.45) is 0 Å². The molecular formula is C14H14N2O3. The van der Waals surface area contributed by atoms with Gasteiger partial charge in [0.1, 0.15) is 5.69 Å². The number of benzene rings is 1. The van der Waals surface area contributed by atoms with Gasteiger partial charge in [-0.2, -0.15) is 0 Å². The van der Waals surface area contributed by atoms with Crippen molar-refractivity contribution < 1.29 is 9.90 Å². The molecule has 0 atom stereocenters. The van der Waals surface area contributed by atoms with E-state index in [-0.39, 0.29) is 12.0 Å². The first-order valence-corrected chi connectivity index (χ1v) is 5.90. The quantitative estimate of drug-likeness (QED) is 0.865. The van der Waals surface area contributed by atoms with Gasteiger partial charge in [-0.05, 0) is 12.5 Å². The third-order valence-electron chi connectivity index (χ3n) is 2.81. The van der Waals surface area contributed by atoms with E-state index in [1.54, 1.807) is 6.92 Å².